The fraction of sp³-hybridized carbons (Fsp3) is 0.750. The highest BCUT2D eigenvalue weighted by Crippen LogP contribution is 2.28. The molecule has 0 aliphatic carbocycles. The van der Waals surface area contributed by atoms with E-state index in [9.17, 15) is 4.79 Å². The second-order valence-electron chi connectivity index (χ2n) is 6.43. The molecule has 1 amide bonds. The number of nitrogens with zero attached hydrogens (tertiary/aromatic N) is 2. The molecule has 112 valence electrons. The van der Waals surface area contributed by atoms with Crippen LogP contribution in [0.3, 0.4) is 0 Å². The highest BCUT2D eigenvalue weighted by Gasteiger charge is 2.32. The summed E-state index contributed by atoms with van der Waals surface area (Å²) in [6.07, 6.45) is 3.35. The minimum atomic E-state index is 0.0101. The molecule has 1 saturated heterocycles. The van der Waals surface area contributed by atoms with Crippen molar-refractivity contribution in [1.29, 1.82) is 0 Å². The van der Waals surface area contributed by atoms with Gasteiger partial charge in [-0.15, -0.1) is 0 Å². The van der Waals surface area contributed by atoms with Crippen LogP contribution >= 0.6 is 0 Å². The van der Waals surface area contributed by atoms with Crippen molar-refractivity contribution in [2.24, 2.45) is 11.8 Å². The standard InChI is InChI=1S/C16H26N2O2/c1-10(2)14-7-6-11(3)8-9-18(14)16(19)15-12(4)17-13(5)20-15/h10-11,14H,6-9H2,1-5H3. The molecule has 2 rings (SSSR count). The van der Waals surface area contributed by atoms with E-state index in [-0.39, 0.29) is 5.91 Å². The molecule has 0 aromatic carbocycles. The molecule has 1 aromatic heterocycles. The van der Waals surface area contributed by atoms with Crippen molar-refractivity contribution in [3.63, 3.8) is 0 Å². The van der Waals surface area contributed by atoms with E-state index in [1.54, 1.807) is 6.92 Å². The molecule has 4 heteroatoms. The largest absolute Gasteiger partial charge is 0.436 e. The summed E-state index contributed by atoms with van der Waals surface area (Å²) in [5.74, 6) is 2.15. The van der Waals surface area contributed by atoms with Gasteiger partial charge in [-0.3, -0.25) is 4.79 Å². The molecule has 0 radical (unpaired) electrons. The van der Waals surface area contributed by atoms with Crippen LogP contribution in [0.5, 0.6) is 0 Å². The lowest BCUT2D eigenvalue weighted by molar-refractivity contribution is 0.0596. The summed E-state index contributed by atoms with van der Waals surface area (Å²) in [6.45, 7) is 11.1. The van der Waals surface area contributed by atoms with Gasteiger partial charge in [0.05, 0.1) is 5.69 Å². The van der Waals surface area contributed by atoms with Crippen LogP contribution in [0.1, 0.15) is 62.2 Å². The molecule has 20 heavy (non-hydrogen) atoms. The summed E-state index contributed by atoms with van der Waals surface area (Å²) < 4.78 is 5.52. The predicted molar refractivity (Wildman–Crippen MR) is 78.7 cm³/mol. The molecule has 0 bridgehead atoms. The number of hydrogen-bond donors (Lipinski definition) is 0. The van der Waals surface area contributed by atoms with Crippen LogP contribution in [0.15, 0.2) is 4.42 Å². The molecule has 1 aliphatic rings. The Morgan fingerprint density at radius 1 is 1.30 bits per heavy atom. The highest BCUT2D eigenvalue weighted by atomic mass is 16.4. The van der Waals surface area contributed by atoms with Gasteiger partial charge in [0, 0.05) is 19.5 Å². The van der Waals surface area contributed by atoms with E-state index in [4.69, 9.17) is 4.42 Å². The van der Waals surface area contributed by atoms with Crippen molar-refractivity contribution in [2.45, 2.75) is 59.9 Å². The fourth-order valence-corrected chi connectivity index (χ4v) is 3.09. The number of aromatic nitrogens is 1. The molecule has 2 heterocycles. The van der Waals surface area contributed by atoms with Crippen LogP contribution in [-0.4, -0.2) is 28.4 Å². The van der Waals surface area contributed by atoms with Gasteiger partial charge in [0.15, 0.2) is 5.89 Å². The van der Waals surface area contributed by atoms with Crippen molar-refractivity contribution in [3.8, 4) is 0 Å². The maximum Gasteiger partial charge on any atom is 0.291 e. The topological polar surface area (TPSA) is 46.3 Å². The average molecular weight is 278 g/mol. The van der Waals surface area contributed by atoms with Crippen LogP contribution in [0.25, 0.3) is 0 Å². The Morgan fingerprint density at radius 3 is 2.55 bits per heavy atom. The lowest BCUT2D eigenvalue weighted by Crippen LogP contribution is -2.43. The molecule has 0 N–H and O–H groups in total. The average Bonchev–Trinajstić information content (AvgIpc) is 2.59. The molecule has 0 spiro atoms. The fourth-order valence-electron chi connectivity index (χ4n) is 3.09. The monoisotopic (exact) mass is 278 g/mol. The van der Waals surface area contributed by atoms with Gasteiger partial charge in [0.2, 0.25) is 5.76 Å². The first-order valence-corrected chi connectivity index (χ1v) is 7.65. The van der Waals surface area contributed by atoms with Gasteiger partial charge in [0.25, 0.3) is 5.91 Å². The van der Waals surface area contributed by atoms with Gasteiger partial charge < -0.3 is 9.32 Å². The highest BCUT2D eigenvalue weighted by molar-refractivity contribution is 5.92. The van der Waals surface area contributed by atoms with E-state index < -0.39 is 0 Å². The summed E-state index contributed by atoms with van der Waals surface area (Å²) in [4.78, 5) is 19.0. The maximum atomic E-state index is 12.8. The molecule has 2 unspecified atom stereocenters. The molecular weight excluding hydrogens is 252 g/mol. The minimum absolute atomic E-state index is 0.0101. The Kier molecular flexibility index (Phi) is 4.51. The number of amides is 1. The zero-order valence-electron chi connectivity index (χ0n) is 13.3. The summed E-state index contributed by atoms with van der Waals surface area (Å²) in [5.41, 5.74) is 0.701. The van der Waals surface area contributed by atoms with E-state index in [2.05, 4.69) is 25.8 Å². The quantitative estimate of drug-likeness (QED) is 0.830. The van der Waals surface area contributed by atoms with Crippen LogP contribution in [0.2, 0.25) is 0 Å². The molecular formula is C16H26N2O2. The van der Waals surface area contributed by atoms with Gasteiger partial charge in [-0.25, -0.2) is 4.98 Å². The first kappa shape index (κ1) is 15.1. The lowest BCUT2D eigenvalue weighted by atomic mass is 9.95. The SMILES string of the molecule is Cc1nc(C)c(C(=O)N2CCC(C)CCC2C(C)C)o1. The van der Waals surface area contributed by atoms with Crippen LogP contribution < -0.4 is 0 Å². The van der Waals surface area contributed by atoms with Crippen molar-refractivity contribution in [3.05, 3.63) is 17.3 Å². The Balaban J connectivity index is 2.26. The Morgan fingerprint density at radius 2 is 2.00 bits per heavy atom. The van der Waals surface area contributed by atoms with E-state index >= 15 is 0 Å². The Labute approximate surface area is 121 Å². The Hall–Kier alpha value is -1.32. The van der Waals surface area contributed by atoms with Gasteiger partial charge in [-0.05, 0) is 38.0 Å². The summed E-state index contributed by atoms with van der Waals surface area (Å²) in [7, 11) is 0. The lowest BCUT2D eigenvalue weighted by Gasteiger charge is -2.32. The van der Waals surface area contributed by atoms with Gasteiger partial charge in [-0.1, -0.05) is 20.8 Å². The summed E-state index contributed by atoms with van der Waals surface area (Å²) >= 11 is 0. The molecule has 4 nitrogen and oxygen atoms in total. The van der Waals surface area contributed by atoms with E-state index in [1.807, 2.05) is 11.8 Å². The molecule has 1 aliphatic heterocycles. The number of oxazole rings is 1. The second-order valence-corrected chi connectivity index (χ2v) is 6.43. The predicted octanol–water partition coefficient (Wildman–Crippen LogP) is 3.58. The normalized spacial score (nSPS) is 24.0. The van der Waals surface area contributed by atoms with Gasteiger partial charge in [0.1, 0.15) is 0 Å². The number of carbonyl (C=O) groups excluding carboxylic acids is 1. The van der Waals surface area contributed by atoms with Crippen LogP contribution in [0.4, 0.5) is 0 Å². The van der Waals surface area contributed by atoms with Gasteiger partial charge >= 0.3 is 0 Å². The zero-order valence-corrected chi connectivity index (χ0v) is 13.3. The maximum absolute atomic E-state index is 12.8. The van der Waals surface area contributed by atoms with Crippen molar-refractivity contribution in [2.75, 3.05) is 6.54 Å². The number of carbonyl (C=O) groups is 1. The number of likely N-dealkylation sites (tertiary alicyclic amines) is 1. The van der Waals surface area contributed by atoms with Crippen molar-refractivity contribution in [1.82, 2.24) is 9.88 Å². The molecule has 0 saturated carbocycles. The first-order valence-electron chi connectivity index (χ1n) is 7.65. The smallest absolute Gasteiger partial charge is 0.291 e. The molecule has 1 aromatic rings. The van der Waals surface area contributed by atoms with Crippen molar-refractivity contribution < 1.29 is 9.21 Å². The minimum Gasteiger partial charge on any atom is -0.436 e. The number of hydrogen-bond acceptors (Lipinski definition) is 3. The number of rotatable bonds is 2. The van der Waals surface area contributed by atoms with Crippen molar-refractivity contribution >= 4 is 5.91 Å². The van der Waals surface area contributed by atoms with Gasteiger partial charge in [-0.2, -0.15) is 0 Å². The van der Waals surface area contributed by atoms with Crippen LogP contribution in [-0.2, 0) is 0 Å². The first-order chi connectivity index (χ1) is 9.40. The van der Waals surface area contributed by atoms with E-state index in [1.165, 1.54) is 6.42 Å². The third kappa shape index (κ3) is 3.05. The van der Waals surface area contributed by atoms with E-state index in [0.717, 1.165) is 19.4 Å². The van der Waals surface area contributed by atoms with Crippen LogP contribution in [0, 0.1) is 25.7 Å². The third-order valence-corrected chi connectivity index (χ3v) is 4.35. The second kappa shape index (κ2) is 5.98. The number of aryl methyl sites for hydroxylation is 2. The summed E-state index contributed by atoms with van der Waals surface area (Å²) in [6, 6.07) is 0.303. The Bertz CT molecular complexity index is 479. The molecule has 2 atom stereocenters. The summed E-state index contributed by atoms with van der Waals surface area (Å²) in [5, 5.41) is 0. The van der Waals surface area contributed by atoms with E-state index in [0.29, 0.717) is 35.2 Å². The third-order valence-electron chi connectivity index (χ3n) is 4.35. The molecule has 1 fully saturated rings. The zero-order chi connectivity index (χ0) is 14.9.